The number of unbranched alkanes of at least 4 members (excludes halogenated alkanes) is 16. The molecule has 3 N–H and O–H groups in total. The Kier molecular flexibility index (Phi) is 39.1. The molecule has 0 bridgehead atoms. The number of rotatable bonds is 24. The van der Waals surface area contributed by atoms with Crippen molar-refractivity contribution in [3.05, 3.63) is 0 Å². The van der Waals surface area contributed by atoms with Gasteiger partial charge in [-0.3, -0.25) is 0 Å². The van der Waals surface area contributed by atoms with Crippen LogP contribution in [0, 0.1) is 0 Å². The molecule has 0 spiro atoms. The molecule has 0 atom stereocenters. The Morgan fingerprint density at radius 1 is 0.344 bits per heavy atom. The summed E-state index contributed by atoms with van der Waals surface area (Å²) in [6, 6.07) is 0. The molecule has 0 amide bonds. The third-order valence-corrected chi connectivity index (χ3v) is 6.94. The summed E-state index contributed by atoms with van der Waals surface area (Å²) in [5.74, 6) is 0. The predicted octanol–water partition coefficient (Wildman–Crippen LogP) is 7.27. The lowest BCUT2D eigenvalue weighted by atomic mass is 10.0. The highest BCUT2D eigenvalue weighted by Gasteiger charge is 2.24. The van der Waals surface area contributed by atoms with Crippen LogP contribution in [0.25, 0.3) is 0 Å². The molecule has 2 nitrogen and oxygen atoms in total. The fourth-order valence-electron chi connectivity index (χ4n) is 4.79. The second-order valence-corrected chi connectivity index (χ2v) is 9.89. The topological polar surface area (TPSA) is 35.0 Å². The van der Waals surface area contributed by atoms with Crippen LogP contribution in [-0.2, 0) is 0 Å². The number of hydrogen-bond acceptors (Lipinski definition) is 1. The largest absolute Gasteiger partial charge is 1.00 e. The Bertz CT molecular complexity index is 292. The summed E-state index contributed by atoms with van der Waals surface area (Å²) in [4.78, 5) is 0. The molecule has 0 radical (unpaired) electrons. The van der Waals surface area contributed by atoms with E-state index in [1.165, 1.54) is 159 Å². The average molecular weight is 500 g/mol. The molecule has 0 heterocycles. The van der Waals surface area contributed by atoms with E-state index in [1.807, 2.05) is 0 Å². The van der Waals surface area contributed by atoms with Crippen LogP contribution in [0.4, 0.5) is 0 Å². The fourth-order valence-corrected chi connectivity index (χ4v) is 4.79. The first-order valence-electron chi connectivity index (χ1n) is 14.1. The van der Waals surface area contributed by atoms with Crippen LogP contribution in [0.15, 0.2) is 0 Å². The molecule has 0 unspecified atom stereocenters. The molecule has 0 saturated carbocycles. The van der Waals surface area contributed by atoms with Crippen molar-refractivity contribution in [1.29, 1.82) is 0 Å². The second kappa shape index (κ2) is 31.5. The predicted molar refractivity (Wildman–Crippen MR) is 147 cm³/mol. The first-order chi connectivity index (χ1) is 14.2. The van der Waals surface area contributed by atoms with Gasteiger partial charge in [0.2, 0.25) is 0 Å². The van der Waals surface area contributed by atoms with E-state index < -0.39 is 0 Å². The van der Waals surface area contributed by atoms with E-state index in [2.05, 4.69) is 27.7 Å². The van der Waals surface area contributed by atoms with Gasteiger partial charge in [-0.15, -0.1) is 12.4 Å². The molecule has 4 heteroatoms. The van der Waals surface area contributed by atoms with Crippen LogP contribution in [0.2, 0.25) is 0 Å². The Morgan fingerprint density at radius 2 is 0.562 bits per heavy atom. The average Bonchev–Trinajstić information content (AvgIpc) is 2.74. The normalized spacial score (nSPS) is 10.9. The van der Waals surface area contributed by atoms with Crippen molar-refractivity contribution in [2.24, 2.45) is 0 Å². The van der Waals surface area contributed by atoms with Gasteiger partial charge in [-0.1, -0.05) is 124 Å². The Morgan fingerprint density at radius 3 is 0.844 bits per heavy atom. The van der Waals surface area contributed by atoms with E-state index in [0.29, 0.717) is 0 Å². The van der Waals surface area contributed by atoms with Crippen LogP contribution >= 0.6 is 12.4 Å². The zero-order valence-electron chi connectivity index (χ0n) is 22.9. The summed E-state index contributed by atoms with van der Waals surface area (Å²) < 4.78 is 1.44. The van der Waals surface area contributed by atoms with E-state index in [1.54, 1.807) is 0 Å². The van der Waals surface area contributed by atoms with Gasteiger partial charge in [0.1, 0.15) is 0 Å². The third-order valence-electron chi connectivity index (χ3n) is 6.94. The summed E-state index contributed by atoms with van der Waals surface area (Å²) in [6.45, 7) is 15.2. The molecule has 0 aliphatic rings. The van der Waals surface area contributed by atoms with Crippen molar-refractivity contribution in [3.8, 4) is 0 Å². The molecule has 0 rings (SSSR count). The minimum atomic E-state index is 0. The molecular formula is C28H64Cl2N2. The van der Waals surface area contributed by atoms with Gasteiger partial charge in [-0.25, -0.2) is 0 Å². The summed E-state index contributed by atoms with van der Waals surface area (Å²) in [7, 11) is 0. The number of hydrogen-bond donors (Lipinski definition) is 1. The van der Waals surface area contributed by atoms with E-state index in [-0.39, 0.29) is 31.0 Å². The summed E-state index contributed by atoms with van der Waals surface area (Å²) in [6.07, 6.45) is 28.9. The van der Waals surface area contributed by atoms with Gasteiger partial charge in [0, 0.05) is 0 Å². The fraction of sp³-hybridized carbons (Fsp3) is 1.00. The molecule has 0 fully saturated rings. The van der Waals surface area contributed by atoms with Crippen LogP contribution in [0.1, 0.15) is 156 Å². The number of quaternary nitrogens is 1. The van der Waals surface area contributed by atoms with Crippen molar-refractivity contribution < 1.29 is 16.9 Å². The minimum absolute atomic E-state index is 0. The molecule has 32 heavy (non-hydrogen) atoms. The zero-order valence-corrected chi connectivity index (χ0v) is 24.5. The molecule has 0 aromatic carbocycles. The van der Waals surface area contributed by atoms with Crippen molar-refractivity contribution in [2.45, 2.75) is 156 Å². The minimum Gasteiger partial charge on any atom is -1.00 e. The highest BCUT2D eigenvalue weighted by Crippen LogP contribution is 2.18. The van der Waals surface area contributed by atoms with Crippen molar-refractivity contribution in [3.63, 3.8) is 0 Å². The Hall–Kier alpha value is 0.500. The van der Waals surface area contributed by atoms with Crippen LogP contribution in [0.5, 0.6) is 0 Å². The summed E-state index contributed by atoms with van der Waals surface area (Å²) in [5, 5.41) is 0. The monoisotopic (exact) mass is 498 g/mol. The third kappa shape index (κ3) is 25.1. The van der Waals surface area contributed by atoms with Gasteiger partial charge >= 0.3 is 0 Å². The second-order valence-electron chi connectivity index (χ2n) is 9.89. The first kappa shape index (κ1) is 39.7. The first-order valence-corrected chi connectivity index (χ1v) is 14.1. The van der Waals surface area contributed by atoms with E-state index in [0.717, 1.165) is 0 Å². The van der Waals surface area contributed by atoms with Gasteiger partial charge in [-0.2, -0.15) is 0 Å². The molecule has 0 aliphatic carbocycles. The lowest BCUT2D eigenvalue weighted by molar-refractivity contribution is -0.929. The van der Waals surface area contributed by atoms with Crippen LogP contribution in [-0.4, -0.2) is 30.7 Å². The van der Waals surface area contributed by atoms with E-state index >= 15 is 0 Å². The molecular weight excluding hydrogens is 435 g/mol. The van der Waals surface area contributed by atoms with Gasteiger partial charge in [0.25, 0.3) is 0 Å². The van der Waals surface area contributed by atoms with Gasteiger partial charge in [0.15, 0.2) is 0 Å². The number of halogens is 2. The Labute approximate surface area is 217 Å². The van der Waals surface area contributed by atoms with E-state index in [9.17, 15) is 0 Å². The maximum Gasteiger partial charge on any atom is 0.0786 e. The summed E-state index contributed by atoms with van der Waals surface area (Å²) in [5.41, 5.74) is 0. The lowest BCUT2D eigenvalue weighted by Crippen LogP contribution is -3.00. The quantitative estimate of drug-likeness (QED) is 0.110. The van der Waals surface area contributed by atoms with Crippen molar-refractivity contribution >= 4 is 12.4 Å². The van der Waals surface area contributed by atoms with Gasteiger partial charge < -0.3 is 23.0 Å². The standard InChI is InChI=1S/C28H60N.2ClH.H3N/c1-5-9-13-14-15-16-17-18-19-20-21-22-23-24-28-29(25-10-6-2,26-11-7-3)27-12-8-4;;;/h5-28H2,1-4H3;2*1H;1H3/q+1;;;/p-1. The summed E-state index contributed by atoms with van der Waals surface area (Å²) >= 11 is 0. The highest BCUT2D eigenvalue weighted by molar-refractivity contribution is 5.85. The molecule has 0 aromatic rings. The van der Waals surface area contributed by atoms with E-state index in [4.69, 9.17) is 0 Å². The van der Waals surface area contributed by atoms with Crippen LogP contribution in [0.3, 0.4) is 0 Å². The lowest BCUT2D eigenvalue weighted by Gasteiger charge is -2.39. The SMILES string of the molecule is CCCCCCCCCCCCCCCC[N+](CCCC)(CCCC)CCCC.Cl.N.[Cl-]. The molecule has 0 aliphatic heterocycles. The van der Waals surface area contributed by atoms with Crippen molar-refractivity contribution in [1.82, 2.24) is 6.15 Å². The highest BCUT2D eigenvalue weighted by atomic mass is 35.5. The molecule has 0 aromatic heterocycles. The van der Waals surface area contributed by atoms with Gasteiger partial charge in [0.05, 0.1) is 26.2 Å². The van der Waals surface area contributed by atoms with Crippen molar-refractivity contribution in [2.75, 3.05) is 26.2 Å². The molecule has 0 saturated heterocycles. The smallest absolute Gasteiger partial charge is 0.0786 e. The Balaban J connectivity index is -0.00000131. The van der Waals surface area contributed by atoms with Gasteiger partial charge in [-0.05, 0) is 32.1 Å². The maximum atomic E-state index is 2.36. The molecule has 200 valence electrons. The number of nitrogens with zero attached hydrogens (tertiary/aromatic N) is 1. The zero-order chi connectivity index (χ0) is 21.5. The van der Waals surface area contributed by atoms with Crippen LogP contribution < -0.4 is 18.6 Å². The maximum absolute atomic E-state index is 2.36.